The zero-order valence-electron chi connectivity index (χ0n) is 57.4. The normalized spacial score (nSPS) is 14.7. The van der Waals surface area contributed by atoms with E-state index in [1.807, 2.05) is 0 Å². The van der Waals surface area contributed by atoms with Crippen LogP contribution in [0.25, 0.3) is 0 Å². The molecule has 0 spiro atoms. The van der Waals surface area contributed by atoms with Crippen LogP contribution in [0.4, 0.5) is 0 Å². The molecule has 0 aliphatic rings. The van der Waals surface area contributed by atoms with Gasteiger partial charge in [0.25, 0.3) is 0 Å². The molecule has 0 aliphatic heterocycles. The first-order valence-corrected chi connectivity index (χ1v) is 38.7. The van der Waals surface area contributed by atoms with E-state index in [1.165, 1.54) is 109 Å². The van der Waals surface area contributed by atoms with Crippen LogP contribution in [-0.4, -0.2) is 96.7 Å². The first kappa shape index (κ1) is 86.5. The van der Waals surface area contributed by atoms with Gasteiger partial charge in [-0.1, -0.05) is 272 Å². The van der Waals surface area contributed by atoms with Gasteiger partial charge in [0.15, 0.2) is 12.2 Å². The van der Waals surface area contributed by atoms with Crippen molar-refractivity contribution in [1.82, 2.24) is 0 Å². The molecule has 3 N–H and O–H groups in total. The summed E-state index contributed by atoms with van der Waals surface area (Å²) in [4.78, 5) is 72.5. The van der Waals surface area contributed by atoms with Gasteiger partial charge in [-0.2, -0.15) is 0 Å². The van der Waals surface area contributed by atoms with Gasteiger partial charge in [-0.25, -0.2) is 9.13 Å². The molecule has 0 heterocycles. The average molecular weight is 1310 g/mol. The molecule has 6 atom stereocenters. The fourth-order valence-electron chi connectivity index (χ4n) is 9.97. The highest BCUT2D eigenvalue weighted by Crippen LogP contribution is 2.45. The Hall–Kier alpha value is -2.46. The Morgan fingerprint density at radius 2 is 0.663 bits per heavy atom. The monoisotopic (exact) mass is 1310 g/mol. The van der Waals surface area contributed by atoms with Crippen LogP contribution in [0.5, 0.6) is 0 Å². The van der Waals surface area contributed by atoms with E-state index in [9.17, 15) is 43.2 Å². The van der Waals surface area contributed by atoms with Gasteiger partial charge in [-0.3, -0.25) is 37.3 Å². The lowest BCUT2D eigenvalue weighted by atomic mass is 10.00. The van der Waals surface area contributed by atoms with Gasteiger partial charge >= 0.3 is 39.5 Å². The zero-order valence-corrected chi connectivity index (χ0v) is 59.2. The molecule has 17 nitrogen and oxygen atoms in total. The fourth-order valence-corrected chi connectivity index (χ4v) is 11.5. The van der Waals surface area contributed by atoms with E-state index in [0.717, 1.165) is 127 Å². The summed E-state index contributed by atoms with van der Waals surface area (Å²) in [5.74, 6) is 0.0198. The second-order valence-corrected chi connectivity index (χ2v) is 28.7. The zero-order chi connectivity index (χ0) is 65.9. The third-order valence-corrected chi connectivity index (χ3v) is 17.8. The number of aliphatic hydroxyl groups is 1. The number of rotatable bonds is 66. The molecule has 0 saturated heterocycles. The Morgan fingerprint density at radius 1 is 0.371 bits per heavy atom. The quantitative estimate of drug-likeness (QED) is 0.0169. The number of phosphoric ester groups is 2. The number of hydrogen-bond acceptors (Lipinski definition) is 15. The largest absolute Gasteiger partial charge is 0.472 e. The predicted molar refractivity (Wildman–Crippen MR) is 358 cm³/mol. The molecule has 0 aliphatic carbocycles. The van der Waals surface area contributed by atoms with Gasteiger partial charge in [0.05, 0.1) is 26.4 Å². The van der Waals surface area contributed by atoms with Crippen molar-refractivity contribution in [2.45, 2.75) is 343 Å². The van der Waals surface area contributed by atoms with Crippen LogP contribution in [0.2, 0.25) is 0 Å². The van der Waals surface area contributed by atoms with Crippen LogP contribution < -0.4 is 0 Å². The van der Waals surface area contributed by atoms with Gasteiger partial charge < -0.3 is 33.8 Å². The molecule has 0 fully saturated rings. The Morgan fingerprint density at radius 3 is 1.00 bits per heavy atom. The van der Waals surface area contributed by atoms with Crippen molar-refractivity contribution in [2.75, 3.05) is 39.6 Å². The van der Waals surface area contributed by atoms with Crippen molar-refractivity contribution in [3.63, 3.8) is 0 Å². The number of hydrogen-bond donors (Lipinski definition) is 3. The molecule has 0 rings (SSSR count). The van der Waals surface area contributed by atoms with Crippen LogP contribution in [0.1, 0.15) is 325 Å². The second-order valence-electron chi connectivity index (χ2n) is 25.8. The summed E-state index contributed by atoms with van der Waals surface area (Å²) in [7, 11) is -9.91. The molecule has 524 valence electrons. The van der Waals surface area contributed by atoms with Crippen LogP contribution in [0, 0.1) is 17.8 Å². The summed E-state index contributed by atoms with van der Waals surface area (Å²) in [5, 5.41) is 10.6. The number of allylic oxidation sites excluding steroid dienone is 4. The van der Waals surface area contributed by atoms with Crippen LogP contribution >= 0.6 is 15.6 Å². The third-order valence-electron chi connectivity index (χ3n) is 15.9. The lowest BCUT2D eigenvalue weighted by molar-refractivity contribution is -0.161. The van der Waals surface area contributed by atoms with Crippen molar-refractivity contribution in [3.8, 4) is 0 Å². The van der Waals surface area contributed by atoms with Crippen LogP contribution in [-0.2, 0) is 65.4 Å². The van der Waals surface area contributed by atoms with E-state index < -0.39 is 97.5 Å². The molecule has 0 amide bonds. The molecule has 0 aromatic heterocycles. The van der Waals surface area contributed by atoms with Crippen LogP contribution in [0.3, 0.4) is 0 Å². The van der Waals surface area contributed by atoms with E-state index >= 15 is 0 Å². The molecular formula is C70H132O17P2. The van der Waals surface area contributed by atoms with Crippen molar-refractivity contribution >= 4 is 39.5 Å². The molecule has 19 heteroatoms. The predicted octanol–water partition coefficient (Wildman–Crippen LogP) is 19.4. The molecule has 0 bridgehead atoms. The highest BCUT2D eigenvalue weighted by atomic mass is 31.2. The van der Waals surface area contributed by atoms with Crippen molar-refractivity contribution in [2.24, 2.45) is 17.8 Å². The minimum absolute atomic E-state index is 0.0835. The van der Waals surface area contributed by atoms with Gasteiger partial charge in [-0.05, 0) is 69.1 Å². The first-order chi connectivity index (χ1) is 42.8. The standard InChI is InChI=1S/C70H132O17P2/c1-8-10-11-12-13-14-15-16-17-18-22-25-28-39-46-53-69(74)87-66(58-81-68(73)52-45-38-33-31-36-43-50-63(7)9-2)60-85-89(78,79)83-56-64(71)55-82-88(76,77)84-59-65(57-80-67(72)51-44-37-32-30-35-42-49-62(5)6)86-70(75)54-47-40-29-26-23-20-19-21-24-27-34-41-48-61(3)4/h14-17,61-66,71H,8-13,18-60H2,1-7H3,(H,76,77)(H,78,79)/b15-14-,17-16-/t63?,64-,65-,66-/m1/s1. The highest BCUT2D eigenvalue weighted by molar-refractivity contribution is 7.47. The highest BCUT2D eigenvalue weighted by Gasteiger charge is 2.30. The van der Waals surface area contributed by atoms with E-state index in [4.69, 9.17) is 37.0 Å². The molecule has 0 aromatic rings. The summed E-state index contributed by atoms with van der Waals surface area (Å²) in [5.41, 5.74) is 0. The summed E-state index contributed by atoms with van der Waals surface area (Å²) in [6.45, 7) is 11.7. The van der Waals surface area contributed by atoms with E-state index in [0.29, 0.717) is 31.6 Å². The lowest BCUT2D eigenvalue weighted by Gasteiger charge is -2.21. The summed E-state index contributed by atoms with van der Waals surface area (Å²) >= 11 is 0. The summed E-state index contributed by atoms with van der Waals surface area (Å²) < 4.78 is 68.2. The summed E-state index contributed by atoms with van der Waals surface area (Å²) in [6, 6.07) is 0. The van der Waals surface area contributed by atoms with Gasteiger partial charge in [-0.15, -0.1) is 0 Å². The Labute approximate surface area is 542 Å². The number of carbonyl (C=O) groups excluding carboxylic acids is 4. The maximum Gasteiger partial charge on any atom is 0.472 e. The minimum Gasteiger partial charge on any atom is -0.462 e. The number of carbonyl (C=O) groups is 4. The minimum atomic E-state index is -4.96. The maximum atomic E-state index is 13.0. The Kier molecular flexibility index (Phi) is 58.8. The SMILES string of the molecule is CCCCCC/C=C\C=C/CCCCCCCC(=O)O[C@H](COC(=O)CCCCCCCCC(C)CC)COP(=O)(O)OC[C@H](O)COP(=O)(O)OC[C@@H](COC(=O)CCCCCCCCC(C)C)OC(=O)CCCCCCCCCCCCCCC(C)C. The van der Waals surface area contributed by atoms with E-state index in [1.54, 1.807) is 0 Å². The Bertz CT molecular complexity index is 1840. The van der Waals surface area contributed by atoms with Crippen LogP contribution in [0.15, 0.2) is 24.3 Å². The molecule has 0 saturated carbocycles. The third kappa shape index (κ3) is 62.7. The first-order valence-electron chi connectivity index (χ1n) is 35.7. The van der Waals surface area contributed by atoms with E-state index in [-0.39, 0.29) is 25.7 Å². The topological polar surface area (TPSA) is 237 Å². The molecule has 0 radical (unpaired) electrons. The smallest absolute Gasteiger partial charge is 0.462 e. The Balaban J connectivity index is 5.27. The van der Waals surface area contributed by atoms with Crippen molar-refractivity contribution in [1.29, 1.82) is 0 Å². The molecule has 0 aromatic carbocycles. The van der Waals surface area contributed by atoms with Gasteiger partial charge in [0, 0.05) is 25.7 Å². The lowest BCUT2D eigenvalue weighted by Crippen LogP contribution is -2.30. The number of esters is 4. The number of phosphoric acid groups is 2. The summed E-state index contributed by atoms with van der Waals surface area (Å²) in [6.07, 6.45) is 46.8. The molecule has 89 heavy (non-hydrogen) atoms. The second kappa shape index (κ2) is 60.5. The fraction of sp³-hybridized carbons (Fsp3) is 0.886. The van der Waals surface area contributed by atoms with Crippen molar-refractivity contribution < 1.29 is 80.2 Å². The number of unbranched alkanes of at least 4 members (excludes halogenated alkanes) is 30. The van der Waals surface area contributed by atoms with Gasteiger partial charge in [0.1, 0.15) is 19.3 Å². The van der Waals surface area contributed by atoms with Gasteiger partial charge in [0.2, 0.25) is 0 Å². The van der Waals surface area contributed by atoms with Crippen molar-refractivity contribution in [3.05, 3.63) is 24.3 Å². The average Bonchev–Trinajstić information content (AvgIpc) is 3.55. The number of ether oxygens (including phenoxy) is 4. The maximum absolute atomic E-state index is 13.0. The molecular weight excluding hydrogens is 1170 g/mol. The van der Waals surface area contributed by atoms with E-state index in [2.05, 4.69) is 72.8 Å². The molecule has 3 unspecified atom stereocenters. The number of aliphatic hydroxyl groups excluding tert-OH is 1.